The molecule has 0 saturated carbocycles. The van der Waals surface area contributed by atoms with Crippen molar-refractivity contribution < 1.29 is 9.53 Å². The molecule has 0 fully saturated rings. The Morgan fingerprint density at radius 3 is 3.08 bits per heavy atom. The number of anilines is 1. The van der Waals surface area contributed by atoms with Crippen LogP contribution in [0.1, 0.15) is 32.0 Å². The molecular weight excluding hydrogens is 320 g/mol. The molecule has 1 aromatic heterocycles. The number of aryl methyl sites for hydroxylation is 1. The van der Waals surface area contributed by atoms with Crippen molar-refractivity contribution >= 4 is 22.6 Å². The number of urea groups is 1. The molecule has 7 heteroatoms. The lowest BCUT2D eigenvalue weighted by atomic mass is 10.1. The van der Waals surface area contributed by atoms with Crippen LogP contribution in [0.4, 0.5) is 10.5 Å². The average Bonchev–Trinajstić information content (AvgIpc) is 2.62. The number of nitrogens with zero attached hydrogens (tertiary/aromatic N) is 2. The largest absolute Gasteiger partial charge is 0.382 e. The van der Waals surface area contributed by atoms with E-state index in [4.69, 9.17) is 4.74 Å². The van der Waals surface area contributed by atoms with Gasteiger partial charge in [-0.3, -0.25) is 9.36 Å². The Morgan fingerprint density at radius 1 is 1.36 bits per heavy atom. The van der Waals surface area contributed by atoms with Crippen molar-refractivity contribution in [3.8, 4) is 0 Å². The normalized spacial score (nSPS) is 13.5. The molecule has 1 aliphatic rings. The number of ether oxygens (including phenoxy) is 1. The van der Waals surface area contributed by atoms with E-state index in [9.17, 15) is 9.59 Å². The van der Waals surface area contributed by atoms with E-state index in [-0.39, 0.29) is 11.6 Å². The van der Waals surface area contributed by atoms with Crippen molar-refractivity contribution in [1.82, 2.24) is 14.9 Å². The van der Waals surface area contributed by atoms with Gasteiger partial charge in [-0.1, -0.05) is 0 Å². The summed E-state index contributed by atoms with van der Waals surface area (Å²) in [5, 5.41) is 6.08. The fraction of sp³-hybridized carbons (Fsp3) is 0.500. The molecule has 134 valence electrons. The van der Waals surface area contributed by atoms with Crippen LogP contribution < -0.4 is 16.2 Å². The molecule has 0 atom stereocenters. The molecule has 2 amide bonds. The highest BCUT2D eigenvalue weighted by molar-refractivity contribution is 5.92. The molecule has 25 heavy (non-hydrogen) atoms. The van der Waals surface area contributed by atoms with Crippen LogP contribution in [0, 0.1) is 0 Å². The summed E-state index contributed by atoms with van der Waals surface area (Å²) in [4.78, 5) is 29.2. The quantitative estimate of drug-likeness (QED) is 0.787. The van der Waals surface area contributed by atoms with Gasteiger partial charge < -0.3 is 15.4 Å². The van der Waals surface area contributed by atoms with Crippen molar-refractivity contribution in [2.75, 3.05) is 25.1 Å². The molecule has 7 nitrogen and oxygen atoms in total. The monoisotopic (exact) mass is 344 g/mol. The van der Waals surface area contributed by atoms with Gasteiger partial charge >= 0.3 is 6.03 Å². The van der Waals surface area contributed by atoms with Crippen LogP contribution in [0.2, 0.25) is 0 Å². The molecule has 3 rings (SSSR count). The second kappa shape index (κ2) is 8.11. The average molecular weight is 344 g/mol. The number of aromatic nitrogens is 2. The number of rotatable bonds is 6. The van der Waals surface area contributed by atoms with Gasteiger partial charge in [0.05, 0.1) is 10.9 Å². The molecule has 0 radical (unpaired) electrons. The molecule has 0 unspecified atom stereocenters. The number of carbonyl (C=O) groups excluding carboxylic acids is 1. The number of nitrogens with one attached hydrogen (secondary N) is 2. The van der Waals surface area contributed by atoms with Crippen LogP contribution in [-0.4, -0.2) is 35.3 Å². The predicted molar refractivity (Wildman–Crippen MR) is 97.1 cm³/mol. The minimum Gasteiger partial charge on any atom is -0.382 e. The number of hydrogen-bond acceptors (Lipinski definition) is 4. The van der Waals surface area contributed by atoms with Crippen LogP contribution in [0.25, 0.3) is 10.9 Å². The molecule has 2 aromatic rings. The fourth-order valence-corrected chi connectivity index (χ4v) is 3.01. The Kier molecular flexibility index (Phi) is 5.65. The maximum Gasteiger partial charge on any atom is 0.319 e. The molecule has 0 aliphatic carbocycles. The van der Waals surface area contributed by atoms with E-state index >= 15 is 0 Å². The van der Waals surface area contributed by atoms with Crippen LogP contribution in [-0.2, 0) is 17.7 Å². The van der Waals surface area contributed by atoms with Gasteiger partial charge in [0.15, 0.2) is 0 Å². The Bertz CT molecular complexity index is 816. The van der Waals surface area contributed by atoms with Gasteiger partial charge in [-0.15, -0.1) is 0 Å². The first-order chi connectivity index (χ1) is 12.2. The van der Waals surface area contributed by atoms with Gasteiger partial charge in [-0.05, 0) is 44.4 Å². The molecule has 1 aliphatic heterocycles. The third-order valence-corrected chi connectivity index (χ3v) is 4.28. The van der Waals surface area contributed by atoms with Crippen LogP contribution in [0.3, 0.4) is 0 Å². The third kappa shape index (κ3) is 4.17. The highest BCUT2D eigenvalue weighted by atomic mass is 16.5. The lowest BCUT2D eigenvalue weighted by molar-refractivity contribution is 0.145. The summed E-state index contributed by atoms with van der Waals surface area (Å²) >= 11 is 0. The lowest BCUT2D eigenvalue weighted by Gasteiger charge is -2.18. The molecule has 2 heterocycles. The first-order valence-corrected chi connectivity index (χ1v) is 8.85. The number of amides is 2. The zero-order chi connectivity index (χ0) is 17.6. The zero-order valence-corrected chi connectivity index (χ0v) is 14.5. The van der Waals surface area contributed by atoms with E-state index in [1.807, 2.05) is 6.92 Å². The predicted octanol–water partition coefficient (Wildman–Crippen LogP) is 2.28. The van der Waals surface area contributed by atoms with E-state index in [0.717, 1.165) is 38.1 Å². The maximum atomic E-state index is 12.7. The molecule has 0 spiro atoms. The van der Waals surface area contributed by atoms with Crippen molar-refractivity contribution in [2.45, 2.75) is 39.2 Å². The smallest absolute Gasteiger partial charge is 0.319 e. The van der Waals surface area contributed by atoms with Gasteiger partial charge in [-0.25, -0.2) is 9.78 Å². The minimum absolute atomic E-state index is 0.0273. The van der Waals surface area contributed by atoms with E-state index < -0.39 is 0 Å². The van der Waals surface area contributed by atoms with Crippen molar-refractivity contribution in [3.05, 3.63) is 34.4 Å². The number of carbonyl (C=O) groups is 1. The summed E-state index contributed by atoms with van der Waals surface area (Å²) in [5.41, 5.74) is 1.24. The van der Waals surface area contributed by atoms with Crippen molar-refractivity contribution in [1.29, 1.82) is 0 Å². The summed E-state index contributed by atoms with van der Waals surface area (Å²) in [6, 6.07) is 4.97. The van der Waals surface area contributed by atoms with Crippen molar-refractivity contribution in [2.24, 2.45) is 0 Å². The minimum atomic E-state index is -0.290. The maximum absolute atomic E-state index is 12.7. The first-order valence-electron chi connectivity index (χ1n) is 8.85. The van der Waals surface area contributed by atoms with Gasteiger partial charge in [-0.2, -0.15) is 0 Å². The molecule has 0 bridgehead atoms. The zero-order valence-electron chi connectivity index (χ0n) is 14.5. The van der Waals surface area contributed by atoms with Gasteiger partial charge in [0, 0.05) is 38.4 Å². The summed E-state index contributed by atoms with van der Waals surface area (Å²) in [7, 11) is 0. The van der Waals surface area contributed by atoms with Crippen molar-refractivity contribution in [3.63, 3.8) is 0 Å². The summed E-state index contributed by atoms with van der Waals surface area (Å²) in [6.45, 7) is 4.50. The Balaban J connectivity index is 1.70. The fourth-order valence-electron chi connectivity index (χ4n) is 3.01. The van der Waals surface area contributed by atoms with Gasteiger partial charge in [0.1, 0.15) is 5.82 Å². The van der Waals surface area contributed by atoms with E-state index in [0.29, 0.717) is 36.3 Å². The standard InChI is InChI=1S/C18H24N4O3/c1-2-25-11-5-9-19-18(24)20-13-7-8-15-14(12-13)17(23)22-10-4-3-6-16(22)21-15/h7-8,12H,2-6,9-11H2,1H3,(H2,19,20,24). The second-order valence-corrected chi connectivity index (χ2v) is 6.11. The van der Waals surface area contributed by atoms with Gasteiger partial charge in [0.25, 0.3) is 5.56 Å². The summed E-state index contributed by atoms with van der Waals surface area (Å²) < 4.78 is 6.98. The third-order valence-electron chi connectivity index (χ3n) is 4.28. The number of fused-ring (bicyclic) bond motifs is 2. The summed E-state index contributed by atoms with van der Waals surface area (Å²) in [6.07, 6.45) is 3.68. The molecule has 1 aromatic carbocycles. The highest BCUT2D eigenvalue weighted by Crippen LogP contribution is 2.18. The Hall–Kier alpha value is -2.41. The lowest BCUT2D eigenvalue weighted by Crippen LogP contribution is -2.30. The van der Waals surface area contributed by atoms with E-state index in [2.05, 4.69) is 15.6 Å². The topological polar surface area (TPSA) is 85.2 Å². The van der Waals surface area contributed by atoms with Gasteiger partial charge in [0.2, 0.25) is 0 Å². The highest BCUT2D eigenvalue weighted by Gasteiger charge is 2.15. The van der Waals surface area contributed by atoms with Crippen LogP contribution in [0.5, 0.6) is 0 Å². The first kappa shape index (κ1) is 17.4. The summed E-state index contributed by atoms with van der Waals surface area (Å²) in [5.74, 6) is 0.858. The number of benzene rings is 1. The number of hydrogen-bond donors (Lipinski definition) is 2. The van der Waals surface area contributed by atoms with Crippen LogP contribution >= 0.6 is 0 Å². The molecule has 2 N–H and O–H groups in total. The van der Waals surface area contributed by atoms with E-state index in [1.165, 1.54) is 0 Å². The second-order valence-electron chi connectivity index (χ2n) is 6.11. The molecular formula is C18H24N4O3. The van der Waals surface area contributed by atoms with E-state index in [1.54, 1.807) is 22.8 Å². The molecule has 0 saturated heterocycles. The Labute approximate surface area is 146 Å². The SMILES string of the molecule is CCOCCCNC(=O)Nc1ccc2nc3n(c(=O)c2c1)CCCC3. The Morgan fingerprint density at radius 2 is 2.24 bits per heavy atom. The van der Waals surface area contributed by atoms with Crippen LogP contribution in [0.15, 0.2) is 23.0 Å².